The Hall–Kier alpha value is -1.94. The van der Waals surface area contributed by atoms with Crippen molar-refractivity contribution < 1.29 is 5.11 Å². The van der Waals surface area contributed by atoms with Crippen molar-refractivity contribution in [2.45, 2.75) is 77.7 Å². The summed E-state index contributed by atoms with van der Waals surface area (Å²) in [5.74, 6) is 3.81. The summed E-state index contributed by atoms with van der Waals surface area (Å²) in [7, 11) is 0. The number of imidazole rings is 1. The van der Waals surface area contributed by atoms with Crippen LogP contribution in [0.25, 0.3) is 16.8 Å². The van der Waals surface area contributed by atoms with Gasteiger partial charge in [-0.05, 0) is 110 Å². The molecule has 2 aromatic heterocycles. The molecular weight excluding hydrogens is 394 g/mol. The summed E-state index contributed by atoms with van der Waals surface area (Å²) >= 11 is 0. The van der Waals surface area contributed by atoms with E-state index in [-0.39, 0.29) is 5.41 Å². The van der Waals surface area contributed by atoms with Crippen LogP contribution in [0.4, 0.5) is 0 Å². The molecule has 1 aromatic carbocycles. The normalized spacial score (nSPS) is 43.0. The van der Waals surface area contributed by atoms with Gasteiger partial charge in [-0.25, -0.2) is 9.97 Å². The highest BCUT2D eigenvalue weighted by Gasteiger charge is 2.63. The first-order valence-electron chi connectivity index (χ1n) is 12.8. The van der Waals surface area contributed by atoms with E-state index in [2.05, 4.69) is 55.6 Å². The van der Waals surface area contributed by atoms with E-state index >= 15 is 0 Å². The molecule has 0 spiro atoms. The van der Waals surface area contributed by atoms with Gasteiger partial charge in [0, 0.05) is 11.9 Å². The zero-order valence-corrected chi connectivity index (χ0v) is 19.6. The highest BCUT2D eigenvalue weighted by molar-refractivity contribution is 5.79. The van der Waals surface area contributed by atoms with Gasteiger partial charge in [-0.3, -0.25) is 4.40 Å². The van der Waals surface area contributed by atoms with Crippen molar-refractivity contribution in [1.29, 1.82) is 0 Å². The van der Waals surface area contributed by atoms with E-state index in [1.54, 1.807) is 0 Å². The SMILES string of the molecule is C[C@]12Cc3cn4c(nc3CC1CCC1C2CC[C@@]2(C)C1CC[C@]2(C)O)nc1ccccc14. The lowest BCUT2D eigenvalue weighted by atomic mass is 9.44. The van der Waals surface area contributed by atoms with E-state index in [1.807, 2.05) is 0 Å². The van der Waals surface area contributed by atoms with E-state index in [1.165, 1.54) is 43.4 Å². The lowest BCUT2D eigenvalue weighted by Crippen LogP contribution is -2.56. The van der Waals surface area contributed by atoms with Crippen LogP contribution in [0.15, 0.2) is 30.5 Å². The van der Waals surface area contributed by atoms with Gasteiger partial charge in [0.15, 0.2) is 0 Å². The Morgan fingerprint density at radius 3 is 2.66 bits per heavy atom. The summed E-state index contributed by atoms with van der Waals surface area (Å²) in [6, 6.07) is 8.39. The van der Waals surface area contributed by atoms with Crippen LogP contribution in [-0.2, 0) is 12.8 Å². The molecule has 0 saturated heterocycles. The Balaban J connectivity index is 1.29. The molecule has 3 aromatic rings. The quantitative estimate of drug-likeness (QED) is 0.507. The average molecular weight is 430 g/mol. The number of hydrogen-bond acceptors (Lipinski definition) is 3. The molecule has 2 heterocycles. The van der Waals surface area contributed by atoms with Gasteiger partial charge < -0.3 is 5.11 Å². The molecule has 1 N–H and O–H groups in total. The fourth-order valence-electron chi connectivity index (χ4n) is 9.02. The molecule has 3 saturated carbocycles. The van der Waals surface area contributed by atoms with Gasteiger partial charge in [0.25, 0.3) is 0 Å². The molecule has 0 aliphatic heterocycles. The van der Waals surface area contributed by atoms with E-state index in [9.17, 15) is 5.11 Å². The van der Waals surface area contributed by atoms with Crippen molar-refractivity contribution in [2.75, 3.05) is 0 Å². The third-order valence-electron chi connectivity index (χ3n) is 11.1. The van der Waals surface area contributed by atoms with Crippen LogP contribution in [0, 0.1) is 34.5 Å². The number of fused-ring (bicyclic) bond motifs is 9. The van der Waals surface area contributed by atoms with Crippen LogP contribution in [-0.4, -0.2) is 25.1 Å². The second-order valence-electron chi connectivity index (χ2n) is 12.3. The van der Waals surface area contributed by atoms with Gasteiger partial charge in [-0.1, -0.05) is 26.0 Å². The Labute approximate surface area is 190 Å². The molecule has 3 fully saturated rings. The molecule has 32 heavy (non-hydrogen) atoms. The van der Waals surface area contributed by atoms with Crippen LogP contribution < -0.4 is 0 Å². The molecule has 4 nitrogen and oxygen atoms in total. The van der Waals surface area contributed by atoms with Crippen LogP contribution in [0.2, 0.25) is 0 Å². The van der Waals surface area contributed by atoms with E-state index in [0.717, 1.165) is 53.8 Å². The van der Waals surface area contributed by atoms with E-state index in [4.69, 9.17) is 9.97 Å². The molecule has 4 heteroatoms. The number of aliphatic hydroxyl groups is 1. The first kappa shape index (κ1) is 19.5. The van der Waals surface area contributed by atoms with Crippen molar-refractivity contribution >= 4 is 16.8 Å². The fraction of sp³-hybridized carbons (Fsp3) is 0.643. The summed E-state index contributed by atoms with van der Waals surface area (Å²) in [5, 5.41) is 11.2. The molecule has 4 unspecified atom stereocenters. The maximum atomic E-state index is 11.2. The number of aromatic nitrogens is 3. The third kappa shape index (κ3) is 2.32. The second kappa shape index (κ2) is 6.14. The van der Waals surface area contributed by atoms with Crippen molar-refractivity contribution in [2.24, 2.45) is 34.5 Å². The van der Waals surface area contributed by atoms with Crippen LogP contribution in [0.1, 0.15) is 70.6 Å². The highest BCUT2D eigenvalue weighted by Crippen LogP contribution is 2.67. The Morgan fingerprint density at radius 2 is 1.78 bits per heavy atom. The highest BCUT2D eigenvalue weighted by atomic mass is 16.3. The third-order valence-corrected chi connectivity index (χ3v) is 11.1. The van der Waals surface area contributed by atoms with Gasteiger partial charge in [-0.2, -0.15) is 0 Å². The minimum Gasteiger partial charge on any atom is -0.390 e. The molecule has 4 aliphatic rings. The van der Waals surface area contributed by atoms with Crippen molar-refractivity contribution in [3.8, 4) is 0 Å². The van der Waals surface area contributed by atoms with Crippen molar-refractivity contribution in [3.05, 3.63) is 41.7 Å². The molecule has 0 amide bonds. The van der Waals surface area contributed by atoms with Crippen molar-refractivity contribution in [1.82, 2.24) is 14.4 Å². The molecule has 7 rings (SSSR count). The predicted molar refractivity (Wildman–Crippen MR) is 126 cm³/mol. The summed E-state index contributed by atoms with van der Waals surface area (Å²) in [6.07, 6.45) is 11.9. The zero-order valence-electron chi connectivity index (χ0n) is 19.6. The first-order chi connectivity index (χ1) is 15.3. The largest absolute Gasteiger partial charge is 0.390 e. The summed E-state index contributed by atoms with van der Waals surface area (Å²) in [5.41, 5.74) is 4.88. The first-order valence-corrected chi connectivity index (χ1v) is 12.8. The molecule has 0 bridgehead atoms. The molecule has 4 aliphatic carbocycles. The van der Waals surface area contributed by atoms with Gasteiger partial charge in [0.1, 0.15) is 0 Å². The van der Waals surface area contributed by atoms with Crippen LogP contribution in [0.5, 0.6) is 0 Å². The molecular formula is C28H35N3O. The summed E-state index contributed by atoms with van der Waals surface area (Å²) in [4.78, 5) is 9.88. The molecule has 168 valence electrons. The number of benzene rings is 1. The monoisotopic (exact) mass is 429 g/mol. The molecule has 0 radical (unpaired) electrons. The number of para-hydroxylation sites is 2. The number of nitrogens with zero attached hydrogens (tertiary/aromatic N) is 3. The lowest BCUT2D eigenvalue weighted by Gasteiger charge is -2.61. The Morgan fingerprint density at radius 1 is 0.969 bits per heavy atom. The minimum atomic E-state index is -0.489. The second-order valence-corrected chi connectivity index (χ2v) is 12.3. The van der Waals surface area contributed by atoms with Crippen molar-refractivity contribution in [3.63, 3.8) is 0 Å². The average Bonchev–Trinajstić information content (AvgIpc) is 3.24. The number of rotatable bonds is 0. The topological polar surface area (TPSA) is 50.4 Å². The molecule has 7 atom stereocenters. The lowest BCUT2D eigenvalue weighted by molar-refractivity contribution is -0.139. The van der Waals surface area contributed by atoms with Gasteiger partial charge in [0.05, 0.1) is 16.6 Å². The van der Waals surface area contributed by atoms with Crippen LogP contribution >= 0.6 is 0 Å². The fourth-order valence-corrected chi connectivity index (χ4v) is 9.02. The van der Waals surface area contributed by atoms with Gasteiger partial charge in [-0.15, -0.1) is 0 Å². The smallest absolute Gasteiger partial charge is 0.235 e. The summed E-state index contributed by atoms with van der Waals surface area (Å²) < 4.78 is 2.21. The maximum absolute atomic E-state index is 11.2. The summed E-state index contributed by atoms with van der Waals surface area (Å²) in [6.45, 7) is 7.11. The standard InChI is InChI=1S/C28H35N3O/c1-26-15-17-16-31-24-7-5-4-6-22(24)29-25(31)30-23(17)14-18(26)8-9-19-20(26)10-12-27(2)21(19)11-13-28(27,3)32/h4-7,16,18-21,32H,8-15H2,1-3H3/t18?,19?,20?,21?,26-,27-,28-/m0/s1. The Kier molecular flexibility index (Phi) is 3.74. The minimum absolute atomic E-state index is 0.105. The zero-order chi connectivity index (χ0) is 21.9. The predicted octanol–water partition coefficient (Wildman–Crippen LogP) is 5.59. The van der Waals surface area contributed by atoms with E-state index < -0.39 is 5.60 Å². The number of hydrogen-bond donors (Lipinski definition) is 1. The van der Waals surface area contributed by atoms with Crippen LogP contribution in [0.3, 0.4) is 0 Å². The Bertz CT molecular complexity index is 1240. The van der Waals surface area contributed by atoms with Gasteiger partial charge in [0.2, 0.25) is 5.78 Å². The van der Waals surface area contributed by atoms with E-state index in [0.29, 0.717) is 11.3 Å². The van der Waals surface area contributed by atoms with Gasteiger partial charge >= 0.3 is 0 Å². The maximum Gasteiger partial charge on any atom is 0.235 e.